The number of β-amino-alcohol motifs (C(OH)–C–C–N with tert-alkyl or cyclic N) is 1. The standard InChI is InChI=1S/C33H32N2O2S/c36-29(22-35-19-17-25(18-20-35)28-14-13-24-7-1-2-9-27(24)21-28)23-37-31-11-5-3-8-26(31)15-16-33-34-30-10-4-6-12-32(30)38-33/h1-16,21,25,29,36H,17-20,22-23H2/t29-/m0/s1. The van der Waals surface area contributed by atoms with Crippen LogP contribution in [-0.4, -0.2) is 47.3 Å². The van der Waals surface area contributed by atoms with Crippen molar-refractivity contribution in [3.63, 3.8) is 0 Å². The molecule has 1 N–H and O–H groups in total. The first-order chi connectivity index (χ1) is 18.7. The van der Waals surface area contributed by atoms with Crippen LogP contribution in [-0.2, 0) is 0 Å². The van der Waals surface area contributed by atoms with E-state index in [2.05, 4.69) is 58.4 Å². The number of aliphatic hydroxyl groups is 1. The van der Waals surface area contributed by atoms with Gasteiger partial charge >= 0.3 is 0 Å². The van der Waals surface area contributed by atoms with Crippen molar-refractivity contribution in [2.24, 2.45) is 0 Å². The summed E-state index contributed by atoms with van der Waals surface area (Å²) in [6.45, 7) is 2.90. The molecule has 0 amide bonds. The summed E-state index contributed by atoms with van der Waals surface area (Å²) >= 11 is 1.67. The zero-order valence-electron chi connectivity index (χ0n) is 21.4. The molecule has 0 aliphatic carbocycles. The lowest BCUT2D eigenvalue weighted by Crippen LogP contribution is -2.40. The molecule has 38 heavy (non-hydrogen) atoms. The number of hydrogen-bond acceptors (Lipinski definition) is 5. The normalized spacial score (nSPS) is 15.9. The van der Waals surface area contributed by atoms with E-state index in [-0.39, 0.29) is 6.61 Å². The first-order valence-electron chi connectivity index (χ1n) is 13.4. The van der Waals surface area contributed by atoms with Crippen LogP contribution in [0.3, 0.4) is 0 Å². The number of likely N-dealkylation sites (tertiary alicyclic amines) is 1. The van der Waals surface area contributed by atoms with E-state index in [0.717, 1.165) is 47.8 Å². The van der Waals surface area contributed by atoms with Crippen LogP contribution in [0.2, 0.25) is 0 Å². The van der Waals surface area contributed by atoms with Gasteiger partial charge in [0.2, 0.25) is 0 Å². The molecule has 0 unspecified atom stereocenters. The molecule has 1 saturated heterocycles. The Kier molecular flexibility index (Phi) is 7.49. The van der Waals surface area contributed by atoms with Crippen molar-refractivity contribution in [3.8, 4) is 5.75 Å². The Balaban J connectivity index is 1.01. The SMILES string of the molecule is O[C@H](COc1ccccc1C=Cc1nc2ccccc2s1)CN1CCC(c2ccc3ccccc3c2)CC1. The molecule has 192 valence electrons. The summed E-state index contributed by atoms with van der Waals surface area (Å²) in [4.78, 5) is 7.05. The Morgan fingerprint density at radius 3 is 2.53 bits per heavy atom. The molecule has 1 aromatic heterocycles. The van der Waals surface area contributed by atoms with E-state index in [1.54, 1.807) is 11.3 Å². The second-order valence-electron chi connectivity index (χ2n) is 10.0. The molecule has 1 atom stereocenters. The van der Waals surface area contributed by atoms with Gasteiger partial charge in [0.1, 0.15) is 23.5 Å². The van der Waals surface area contributed by atoms with E-state index < -0.39 is 6.10 Å². The van der Waals surface area contributed by atoms with E-state index in [4.69, 9.17) is 4.74 Å². The highest BCUT2D eigenvalue weighted by Gasteiger charge is 2.22. The second-order valence-corrected chi connectivity index (χ2v) is 11.1. The lowest BCUT2D eigenvalue weighted by atomic mass is 9.88. The summed E-state index contributed by atoms with van der Waals surface area (Å²) in [5.74, 6) is 1.36. The van der Waals surface area contributed by atoms with Crippen LogP contribution < -0.4 is 4.74 Å². The monoisotopic (exact) mass is 520 g/mol. The van der Waals surface area contributed by atoms with E-state index in [1.807, 2.05) is 54.6 Å². The van der Waals surface area contributed by atoms with Gasteiger partial charge in [-0.05, 0) is 78.5 Å². The largest absolute Gasteiger partial charge is 0.490 e. The van der Waals surface area contributed by atoms with Crippen LogP contribution in [0.15, 0.2) is 91.0 Å². The molecule has 5 aromatic rings. The number of aromatic nitrogens is 1. The van der Waals surface area contributed by atoms with E-state index in [1.165, 1.54) is 21.0 Å². The quantitative estimate of drug-likeness (QED) is 0.234. The van der Waals surface area contributed by atoms with Gasteiger partial charge in [0, 0.05) is 12.1 Å². The highest BCUT2D eigenvalue weighted by molar-refractivity contribution is 7.19. The molecule has 0 saturated carbocycles. The summed E-state index contributed by atoms with van der Waals surface area (Å²) in [5, 5.41) is 14.3. The van der Waals surface area contributed by atoms with E-state index >= 15 is 0 Å². The zero-order valence-corrected chi connectivity index (χ0v) is 22.2. The molecule has 0 spiro atoms. The number of hydrogen-bond donors (Lipinski definition) is 1. The van der Waals surface area contributed by atoms with Crippen molar-refractivity contribution in [1.29, 1.82) is 0 Å². The fourth-order valence-corrected chi connectivity index (χ4v) is 6.19. The van der Waals surface area contributed by atoms with Crippen LogP contribution in [0, 0.1) is 0 Å². The number of thiazole rings is 1. The summed E-state index contributed by atoms with van der Waals surface area (Å²) < 4.78 is 7.26. The Morgan fingerprint density at radius 2 is 1.66 bits per heavy atom. The number of para-hydroxylation sites is 2. The van der Waals surface area contributed by atoms with Gasteiger partial charge in [0.25, 0.3) is 0 Å². The molecule has 1 aliphatic rings. The third kappa shape index (κ3) is 5.81. The van der Waals surface area contributed by atoms with Gasteiger partial charge in [-0.25, -0.2) is 4.98 Å². The smallest absolute Gasteiger partial charge is 0.126 e. The lowest BCUT2D eigenvalue weighted by molar-refractivity contribution is 0.0594. The van der Waals surface area contributed by atoms with E-state index in [0.29, 0.717) is 12.5 Å². The number of nitrogens with zero attached hydrogens (tertiary/aromatic N) is 2. The van der Waals surface area contributed by atoms with Gasteiger partial charge in [-0.2, -0.15) is 0 Å². The third-order valence-corrected chi connectivity index (χ3v) is 8.37. The van der Waals surface area contributed by atoms with Gasteiger partial charge in [-0.3, -0.25) is 0 Å². The maximum absolute atomic E-state index is 10.8. The predicted octanol–water partition coefficient (Wildman–Crippen LogP) is 7.24. The molecular weight excluding hydrogens is 488 g/mol. The Hall–Kier alpha value is -3.51. The lowest BCUT2D eigenvalue weighted by Gasteiger charge is -2.33. The van der Waals surface area contributed by atoms with Gasteiger partial charge < -0.3 is 14.7 Å². The van der Waals surface area contributed by atoms with E-state index in [9.17, 15) is 5.11 Å². The fourth-order valence-electron chi connectivity index (χ4n) is 5.32. The fraction of sp³-hybridized carbons (Fsp3) is 0.242. The minimum atomic E-state index is -0.534. The summed E-state index contributed by atoms with van der Waals surface area (Å²) in [6.07, 6.45) is 5.77. The zero-order chi connectivity index (χ0) is 25.7. The van der Waals surface area contributed by atoms with Crippen molar-refractivity contribution < 1.29 is 9.84 Å². The Bertz CT molecular complexity index is 1520. The van der Waals surface area contributed by atoms with Crippen molar-refractivity contribution in [2.75, 3.05) is 26.2 Å². The number of piperidine rings is 1. The minimum absolute atomic E-state index is 0.274. The average molecular weight is 521 g/mol. The maximum atomic E-state index is 10.8. The van der Waals surface area contributed by atoms with Crippen LogP contribution in [0.25, 0.3) is 33.1 Å². The van der Waals surface area contributed by atoms with Crippen LogP contribution in [0.4, 0.5) is 0 Å². The molecule has 5 heteroatoms. The van der Waals surface area contributed by atoms with Crippen LogP contribution in [0.1, 0.15) is 34.9 Å². The number of fused-ring (bicyclic) bond motifs is 2. The topological polar surface area (TPSA) is 45.6 Å². The minimum Gasteiger partial charge on any atom is -0.490 e. The summed E-state index contributed by atoms with van der Waals surface area (Å²) in [7, 11) is 0. The van der Waals surface area contributed by atoms with Gasteiger partial charge in [0.05, 0.1) is 10.2 Å². The molecule has 6 rings (SSSR count). The summed E-state index contributed by atoms with van der Waals surface area (Å²) in [5.41, 5.74) is 3.43. The second kappa shape index (κ2) is 11.5. The molecule has 4 nitrogen and oxygen atoms in total. The molecule has 1 aliphatic heterocycles. The van der Waals surface area contributed by atoms with Crippen molar-refractivity contribution in [1.82, 2.24) is 9.88 Å². The van der Waals surface area contributed by atoms with Crippen molar-refractivity contribution >= 4 is 44.5 Å². The molecule has 0 bridgehead atoms. The first-order valence-corrected chi connectivity index (χ1v) is 14.2. The Morgan fingerprint density at radius 1 is 0.895 bits per heavy atom. The highest BCUT2D eigenvalue weighted by Crippen LogP contribution is 2.30. The predicted molar refractivity (Wildman–Crippen MR) is 159 cm³/mol. The molecule has 2 heterocycles. The number of rotatable bonds is 8. The van der Waals surface area contributed by atoms with Gasteiger partial charge in [0.15, 0.2) is 0 Å². The Labute approximate surface area is 227 Å². The maximum Gasteiger partial charge on any atom is 0.126 e. The van der Waals surface area contributed by atoms with Gasteiger partial charge in [-0.1, -0.05) is 72.8 Å². The van der Waals surface area contributed by atoms with Crippen molar-refractivity contribution in [2.45, 2.75) is 24.9 Å². The summed E-state index contributed by atoms with van der Waals surface area (Å²) in [6, 6.07) is 31.6. The first kappa shape index (κ1) is 24.8. The number of benzene rings is 4. The molecular formula is C33H32N2O2S. The molecule has 1 fully saturated rings. The average Bonchev–Trinajstić information content (AvgIpc) is 3.39. The van der Waals surface area contributed by atoms with Crippen LogP contribution >= 0.6 is 11.3 Å². The molecule has 0 radical (unpaired) electrons. The molecule has 4 aromatic carbocycles. The highest BCUT2D eigenvalue weighted by atomic mass is 32.1. The third-order valence-electron chi connectivity index (χ3n) is 7.37. The van der Waals surface area contributed by atoms with Gasteiger partial charge in [-0.15, -0.1) is 11.3 Å². The van der Waals surface area contributed by atoms with Crippen molar-refractivity contribution in [3.05, 3.63) is 107 Å². The number of ether oxygens (including phenoxy) is 1. The number of aliphatic hydroxyl groups excluding tert-OH is 1. The van der Waals surface area contributed by atoms with Crippen LogP contribution in [0.5, 0.6) is 5.75 Å².